The molecule has 0 N–H and O–H groups in total. The zero-order valence-electron chi connectivity index (χ0n) is 16.1. The predicted molar refractivity (Wildman–Crippen MR) is 114 cm³/mol. The number of piperazine rings is 1. The number of hydrogen-bond acceptors (Lipinski definition) is 8. The SMILES string of the molecule is COc1ccccc1N1CCN(C(=O)CSc2nnnn2Cc2cccs2)CC1. The van der Waals surface area contributed by atoms with E-state index in [1.165, 1.54) is 16.6 Å². The van der Waals surface area contributed by atoms with Crippen LogP contribution in [0.2, 0.25) is 0 Å². The fraction of sp³-hybridized carbons (Fsp3) is 0.368. The van der Waals surface area contributed by atoms with Crippen LogP contribution in [-0.4, -0.2) is 70.1 Å². The van der Waals surface area contributed by atoms with E-state index < -0.39 is 0 Å². The van der Waals surface area contributed by atoms with Gasteiger partial charge in [-0.15, -0.1) is 16.4 Å². The van der Waals surface area contributed by atoms with E-state index in [0.717, 1.165) is 24.5 Å². The fourth-order valence-electron chi connectivity index (χ4n) is 3.25. The van der Waals surface area contributed by atoms with Crippen LogP contribution in [0.15, 0.2) is 46.9 Å². The summed E-state index contributed by atoms with van der Waals surface area (Å²) < 4.78 is 7.19. The molecule has 4 rings (SSSR count). The number of methoxy groups -OCH3 is 1. The molecule has 1 aromatic carbocycles. The number of thioether (sulfide) groups is 1. The molecular formula is C19H22N6O2S2. The molecule has 0 spiro atoms. The number of carbonyl (C=O) groups is 1. The molecule has 1 amide bonds. The maximum Gasteiger partial charge on any atom is 0.233 e. The lowest BCUT2D eigenvalue weighted by molar-refractivity contribution is -0.128. The highest BCUT2D eigenvalue weighted by atomic mass is 32.2. The lowest BCUT2D eigenvalue weighted by Gasteiger charge is -2.36. The van der Waals surface area contributed by atoms with Crippen molar-refractivity contribution in [2.24, 2.45) is 0 Å². The van der Waals surface area contributed by atoms with Crippen molar-refractivity contribution < 1.29 is 9.53 Å². The number of aromatic nitrogens is 4. The summed E-state index contributed by atoms with van der Waals surface area (Å²) in [5.41, 5.74) is 1.07. The molecule has 1 aliphatic rings. The first-order chi connectivity index (χ1) is 14.2. The average Bonchev–Trinajstić information content (AvgIpc) is 3.44. The molecule has 152 valence electrons. The molecule has 8 nitrogen and oxygen atoms in total. The van der Waals surface area contributed by atoms with E-state index in [4.69, 9.17) is 4.74 Å². The molecule has 10 heteroatoms. The second kappa shape index (κ2) is 9.27. The van der Waals surface area contributed by atoms with Gasteiger partial charge in [-0.2, -0.15) is 0 Å². The third-order valence-corrected chi connectivity index (χ3v) is 6.57. The van der Waals surface area contributed by atoms with Gasteiger partial charge in [0.15, 0.2) is 0 Å². The average molecular weight is 431 g/mol. The zero-order valence-corrected chi connectivity index (χ0v) is 17.7. The molecule has 1 saturated heterocycles. The molecule has 0 unspecified atom stereocenters. The Bertz CT molecular complexity index is 938. The number of amides is 1. The maximum absolute atomic E-state index is 12.7. The summed E-state index contributed by atoms with van der Waals surface area (Å²) in [6.07, 6.45) is 0. The van der Waals surface area contributed by atoms with Crippen LogP contribution in [0.1, 0.15) is 4.88 Å². The Morgan fingerprint density at radius 2 is 2.00 bits per heavy atom. The first-order valence-corrected chi connectivity index (χ1v) is 11.2. The van der Waals surface area contributed by atoms with Gasteiger partial charge in [0.1, 0.15) is 5.75 Å². The number of ether oxygens (including phenoxy) is 1. The van der Waals surface area contributed by atoms with Crippen LogP contribution in [0, 0.1) is 0 Å². The summed E-state index contributed by atoms with van der Waals surface area (Å²) in [4.78, 5) is 18.0. The first kappa shape index (κ1) is 19.7. The van der Waals surface area contributed by atoms with Gasteiger partial charge in [0.05, 0.1) is 25.1 Å². The number of nitrogens with zero attached hydrogens (tertiary/aromatic N) is 6. The third kappa shape index (κ3) is 4.70. The highest BCUT2D eigenvalue weighted by Gasteiger charge is 2.23. The van der Waals surface area contributed by atoms with Gasteiger partial charge in [0, 0.05) is 31.1 Å². The summed E-state index contributed by atoms with van der Waals surface area (Å²) >= 11 is 3.05. The van der Waals surface area contributed by atoms with Gasteiger partial charge in [-0.1, -0.05) is 30.0 Å². The van der Waals surface area contributed by atoms with Crippen LogP contribution >= 0.6 is 23.1 Å². The monoisotopic (exact) mass is 430 g/mol. The Balaban J connectivity index is 1.29. The van der Waals surface area contributed by atoms with E-state index in [-0.39, 0.29) is 5.91 Å². The Morgan fingerprint density at radius 1 is 1.17 bits per heavy atom. The van der Waals surface area contributed by atoms with Gasteiger partial charge in [-0.05, 0) is 34.0 Å². The number of tetrazole rings is 1. The summed E-state index contributed by atoms with van der Waals surface area (Å²) in [7, 11) is 1.68. The summed E-state index contributed by atoms with van der Waals surface area (Å²) in [5, 5.41) is 14.6. The van der Waals surface area contributed by atoms with Crippen molar-refractivity contribution in [1.82, 2.24) is 25.1 Å². The molecule has 0 atom stereocenters. The van der Waals surface area contributed by atoms with E-state index in [1.54, 1.807) is 23.1 Å². The largest absolute Gasteiger partial charge is 0.495 e. The Kier molecular flexibility index (Phi) is 6.30. The second-order valence-electron chi connectivity index (χ2n) is 6.53. The van der Waals surface area contributed by atoms with Crippen molar-refractivity contribution in [3.8, 4) is 5.75 Å². The van der Waals surface area contributed by atoms with Crippen LogP contribution in [-0.2, 0) is 11.3 Å². The first-order valence-electron chi connectivity index (χ1n) is 9.31. The number of anilines is 1. The molecule has 0 aliphatic carbocycles. The molecule has 2 aromatic heterocycles. The van der Waals surface area contributed by atoms with Crippen molar-refractivity contribution >= 4 is 34.7 Å². The van der Waals surface area contributed by atoms with E-state index in [9.17, 15) is 4.79 Å². The maximum atomic E-state index is 12.7. The number of hydrogen-bond donors (Lipinski definition) is 0. The Labute approximate surface area is 177 Å². The smallest absolute Gasteiger partial charge is 0.233 e. The highest BCUT2D eigenvalue weighted by Crippen LogP contribution is 2.28. The Hall–Kier alpha value is -2.59. The molecular weight excluding hydrogens is 408 g/mol. The highest BCUT2D eigenvalue weighted by molar-refractivity contribution is 7.99. The molecule has 1 fully saturated rings. The van der Waals surface area contributed by atoms with Crippen molar-refractivity contribution in [3.63, 3.8) is 0 Å². The van der Waals surface area contributed by atoms with Crippen LogP contribution in [0.4, 0.5) is 5.69 Å². The summed E-state index contributed by atoms with van der Waals surface area (Å²) in [6.45, 7) is 3.58. The zero-order chi connectivity index (χ0) is 20.1. The lowest BCUT2D eigenvalue weighted by Crippen LogP contribution is -2.49. The predicted octanol–water partition coefficient (Wildman–Crippen LogP) is 2.23. The van der Waals surface area contributed by atoms with Gasteiger partial charge >= 0.3 is 0 Å². The van der Waals surface area contributed by atoms with E-state index in [1.807, 2.05) is 40.6 Å². The van der Waals surface area contributed by atoms with Gasteiger partial charge < -0.3 is 14.5 Å². The second-order valence-corrected chi connectivity index (χ2v) is 8.50. The van der Waals surface area contributed by atoms with Gasteiger partial charge in [0.2, 0.25) is 11.1 Å². The number of benzene rings is 1. The van der Waals surface area contributed by atoms with Crippen molar-refractivity contribution in [3.05, 3.63) is 46.7 Å². The number of carbonyl (C=O) groups excluding carboxylic acids is 1. The van der Waals surface area contributed by atoms with Crippen molar-refractivity contribution in [2.75, 3.05) is 43.9 Å². The van der Waals surface area contributed by atoms with Gasteiger partial charge in [-0.3, -0.25) is 4.79 Å². The number of rotatable bonds is 7. The summed E-state index contributed by atoms with van der Waals surface area (Å²) in [5.74, 6) is 1.31. The van der Waals surface area contributed by atoms with Gasteiger partial charge in [0.25, 0.3) is 0 Å². The van der Waals surface area contributed by atoms with Crippen LogP contribution < -0.4 is 9.64 Å². The third-order valence-electron chi connectivity index (χ3n) is 4.77. The standard InChI is InChI=1S/C19H22N6O2S2/c1-27-17-7-3-2-6-16(17)23-8-10-24(11-9-23)18(26)14-29-19-20-21-22-25(19)13-15-5-4-12-28-15/h2-7,12H,8-11,13-14H2,1H3. The van der Waals surface area contributed by atoms with Crippen molar-refractivity contribution in [1.29, 1.82) is 0 Å². The molecule has 1 aliphatic heterocycles. The Morgan fingerprint density at radius 3 is 2.76 bits per heavy atom. The van der Waals surface area contributed by atoms with E-state index in [2.05, 4.69) is 26.5 Å². The molecule has 3 aromatic rings. The fourth-order valence-corrected chi connectivity index (χ4v) is 4.72. The number of thiophene rings is 1. The lowest BCUT2D eigenvalue weighted by atomic mass is 10.2. The van der Waals surface area contributed by atoms with Crippen LogP contribution in [0.3, 0.4) is 0 Å². The molecule has 3 heterocycles. The minimum absolute atomic E-state index is 0.111. The normalized spacial score (nSPS) is 14.2. The topological polar surface area (TPSA) is 76.4 Å². The summed E-state index contributed by atoms with van der Waals surface area (Å²) in [6, 6.07) is 12.0. The minimum Gasteiger partial charge on any atom is -0.495 e. The quantitative estimate of drug-likeness (QED) is 0.532. The van der Waals surface area contributed by atoms with Gasteiger partial charge in [-0.25, -0.2) is 4.68 Å². The molecule has 29 heavy (non-hydrogen) atoms. The van der Waals surface area contributed by atoms with Crippen LogP contribution in [0.5, 0.6) is 5.75 Å². The molecule has 0 saturated carbocycles. The minimum atomic E-state index is 0.111. The van der Waals surface area contributed by atoms with E-state index >= 15 is 0 Å². The van der Waals surface area contributed by atoms with E-state index in [0.29, 0.717) is 30.5 Å². The molecule has 0 radical (unpaired) electrons. The number of para-hydroxylation sites is 2. The van der Waals surface area contributed by atoms with Crippen molar-refractivity contribution in [2.45, 2.75) is 11.7 Å². The molecule has 0 bridgehead atoms. The van der Waals surface area contributed by atoms with Crippen LogP contribution in [0.25, 0.3) is 0 Å².